The van der Waals surface area contributed by atoms with Gasteiger partial charge in [0.05, 0.1) is 17.1 Å². The molecule has 6 heteroatoms. The monoisotopic (exact) mass is 280 g/mol. The number of allylic oxidation sites excluding steroid dienone is 1. The number of anilines is 4. The van der Waals surface area contributed by atoms with Crippen molar-refractivity contribution in [1.29, 1.82) is 0 Å². The molecule has 0 aliphatic carbocycles. The van der Waals surface area contributed by atoms with Crippen LogP contribution in [0.5, 0.6) is 0 Å². The van der Waals surface area contributed by atoms with E-state index in [2.05, 4.69) is 44.8 Å². The molecule has 0 fully saturated rings. The van der Waals surface area contributed by atoms with Crippen LogP contribution < -0.4 is 21.7 Å². The Kier molecular flexibility index (Phi) is 3.29. The van der Waals surface area contributed by atoms with Crippen LogP contribution in [-0.4, -0.2) is 9.97 Å². The SMILES string of the molecule is C=Cc1cnc(Nc2ccc3c(c2)NNN3)nc1C(=C)C. The summed E-state index contributed by atoms with van der Waals surface area (Å²) in [6, 6.07) is 5.88. The summed E-state index contributed by atoms with van der Waals surface area (Å²) in [6.07, 6.45) is 3.46. The lowest BCUT2D eigenvalue weighted by molar-refractivity contribution is 1.01. The largest absolute Gasteiger partial charge is 0.324 e. The number of aromatic nitrogens is 2. The lowest BCUT2D eigenvalue weighted by atomic mass is 10.1. The molecule has 4 N–H and O–H groups in total. The number of fused-ring (bicyclic) bond motifs is 1. The molecule has 1 aliphatic heterocycles. The van der Waals surface area contributed by atoms with Crippen molar-refractivity contribution in [2.45, 2.75) is 6.92 Å². The van der Waals surface area contributed by atoms with Gasteiger partial charge in [0.1, 0.15) is 0 Å². The van der Waals surface area contributed by atoms with E-state index >= 15 is 0 Å². The van der Waals surface area contributed by atoms with Crippen LogP contribution in [0.1, 0.15) is 18.2 Å². The molecule has 1 aliphatic rings. The zero-order valence-electron chi connectivity index (χ0n) is 11.7. The van der Waals surface area contributed by atoms with Gasteiger partial charge in [-0.05, 0) is 30.7 Å². The lowest BCUT2D eigenvalue weighted by Gasteiger charge is -2.09. The molecule has 1 aromatic heterocycles. The normalized spacial score (nSPS) is 12.0. The van der Waals surface area contributed by atoms with Crippen molar-refractivity contribution in [1.82, 2.24) is 15.5 Å². The minimum Gasteiger partial charge on any atom is -0.324 e. The van der Waals surface area contributed by atoms with Gasteiger partial charge in [0, 0.05) is 17.4 Å². The van der Waals surface area contributed by atoms with Gasteiger partial charge in [-0.3, -0.25) is 0 Å². The van der Waals surface area contributed by atoms with Crippen molar-refractivity contribution in [3.63, 3.8) is 0 Å². The highest BCUT2D eigenvalue weighted by Crippen LogP contribution is 2.28. The van der Waals surface area contributed by atoms with Gasteiger partial charge < -0.3 is 16.2 Å². The molecule has 21 heavy (non-hydrogen) atoms. The van der Waals surface area contributed by atoms with Gasteiger partial charge in [0.15, 0.2) is 0 Å². The third kappa shape index (κ3) is 2.56. The number of rotatable bonds is 4. The third-order valence-corrected chi connectivity index (χ3v) is 3.11. The van der Waals surface area contributed by atoms with Crippen molar-refractivity contribution >= 4 is 34.7 Å². The standard InChI is InChI=1S/C15H16N6/c1-4-10-8-16-15(18-14(10)9(2)3)17-11-5-6-12-13(7-11)20-21-19-12/h4-8,19-21H,1-2H2,3H3,(H,16,17,18). The van der Waals surface area contributed by atoms with Crippen LogP contribution in [0.3, 0.4) is 0 Å². The van der Waals surface area contributed by atoms with Crippen molar-refractivity contribution in [2.75, 3.05) is 16.2 Å². The average molecular weight is 280 g/mol. The second kappa shape index (κ2) is 5.26. The Bertz CT molecular complexity index is 722. The van der Waals surface area contributed by atoms with E-state index in [1.54, 1.807) is 12.3 Å². The van der Waals surface area contributed by atoms with Crippen molar-refractivity contribution in [2.24, 2.45) is 0 Å². The summed E-state index contributed by atoms with van der Waals surface area (Å²) in [5, 5.41) is 3.19. The molecule has 0 saturated carbocycles. The first-order valence-electron chi connectivity index (χ1n) is 6.51. The molecule has 6 nitrogen and oxygen atoms in total. The van der Waals surface area contributed by atoms with Crippen molar-refractivity contribution < 1.29 is 0 Å². The quantitative estimate of drug-likeness (QED) is 0.689. The summed E-state index contributed by atoms with van der Waals surface area (Å²) in [5.41, 5.74) is 14.2. The molecular weight excluding hydrogens is 264 g/mol. The molecule has 0 spiro atoms. The fourth-order valence-corrected chi connectivity index (χ4v) is 2.07. The van der Waals surface area contributed by atoms with E-state index in [0.29, 0.717) is 5.95 Å². The van der Waals surface area contributed by atoms with E-state index < -0.39 is 0 Å². The van der Waals surface area contributed by atoms with Crippen LogP contribution in [0.4, 0.5) is 23.0 Å². The average Bonchev–Trinajstić information content (AvgIpc) is 2.94. The van der Waals surface area contributed by atoms with Gasteiger partial charge in [-0.1, -0.05) is 19.2 Å². The Hall–Kier alpha value is -2.86. The molecule has 3 rings (SSSR count). The summed E-state index contributed by atoms with van der Waals surface area (Å²) in [4.78, 5) is 8.78. The highest BCUT2D eigenvalue weighted by molar-refractivity contribution is 5.77. The number of nitrogens with zero attached hydrogens (tertiary/aromatic N) is 2. The maximum atomic E-state index is 4.49. The number of hydrogen-bond donors (Lipinski definition) is 4. The van der Waals surface area contributed by atoms with Crippen molar-refractivity contribution in [3.8, 4) is 0 Å². The zero-order chi connectivity index (χ0) is 14.8. The van der Waals surface area contributed by atoms with Crippen LogP contribution in [0.15, 0.2) is 37.6 Å². The molecule has 0 atom stereocenters. The summed E-state index contributed by atoms with van der Waals surface area (Å²) in [7, 11) is 0. The fourth-order valence-electron chi connectivity index (χ4n) is 2.07. The number of hydrazine groups is 2. The minimum absolute atomic E-state index is 0.525. The smallest absolute Gasteiger partial charge is 0.227 e. The molecule has 0 amide bonds. The molecule has 106 valence electrons. The van der Waals surface area contributed by atoms with Crippen LogP contribution >= 0.6 is 0 Å². The predicted molar refractivity (Wildman–Crippen MR) is 86.9 cm³/mol. The number of hydrogen-bond acceptors (Lipinski definition) is 6. The van der Waals surface area contributed by atoms with Gasteiger partial charge in [-0.25, -0.2) is 9.97 Å². The van der Waals surface area contributed by atoms with Gasteiger partial charge in [0.2, 0.25) is 5.95 Å². The number of nitrogens with one attached hydrogen (secondary N) is 4. The fraction of sp³-hybridized carbons (Fsp3) is 0.0667. The Morgan fingerprint density at radius 2 is 2.10 bits per heavy atom. The molecule has 0 saturated heterocycles. The maximum absolute atomic E-state index is 4.49. The molecular formula is C15H16N6. The summed E-state index contributed by atoms with van der Waals surface area (Å²) >= 11 is 0. The Morgan fingerprint density at radius 3 is 2.86 bits per heavy atom. The molecule has 2 aromatic rings. The molecule has 0 radical (unpaired) electrons. The summed E-state index contributed by atoms with van der Waals surface area (Å²) in [6.45, 7) is 9.61. The highest BCUT2D eigenvalue weighted by atomic mass is 15.6. The molecule has 0 bridgehead atoms. The van der Waals surface area contributed by atoms with Crippen LogP contribution in [0.25, 0.3) is 11.6 Å². The lowest BCUT2D eigenvalue weighted by Crippen LogP contribution is -2.19. The van der Waals surface area contributed by atoms with E-state index in [9.17, 15) is 0 Å². The van der Waals surface area contributed by atoms with Crippen molar-refractivity contribution in [3.05, 3.63) is 48.8 Å². The van der Waals surface area contributed by atoms with E-state index in [0.717, 1.165) is 33.9 Å². The van der Waals surface area contributed by atoms with Gasteiger partial charge >= 0.3 is 0 Å². The maximum Gasteiger partial charge on any atom is 0.227 e. The first-order valence-corrected chi connectivity index (χ1v) is 6.51. The zero-order valence-corrected chi connectivity index (χ0v) is 11.7. The Balaban J connectivity index is 1.89. The van der Waals surface area contributed by atoms with Gasteiger partial charge in [-0.2, -0.15) is 0 Å². The summed E-state index contributed by atoms with van der Waals surface area (Å²) in [5.74, 6) is 0.525. The van der Waals surface area contributed by atoms with E-state index in [-0.39, 0.29) is 0 Å². The second-order valence-corrected chi connectivity index (χ2v) is 4.74. The third-order valence-electron chi connectivity index (χ3n) is 3.11. The first-order chi connectivity index (χ1) is 10.2. The Morgan fingerprint density at radius 1 is 1.29 bits per heavy atom. The topological polar surface area (TPSA) is 73.9 Å². The first kappa shape index (κ1) is 13.1. The second-order valence-electron chi connectivity index (χ2n) is 4.74. The van der Waals surface area contributed by atoms with Gasteiger partial charge in [0.25, 0.3) is 0 Å². The van der Waals surface area contributed by atoms with E-state index in [4.69, 9.17) is 0 Å². The molecule has 0 unspecified atom stereocenters. The van der Waals surface area contributed by atoms with Crippen LogP contribution in [-0.2, 0) is 0 Å². The number of benzene rings is 1. The minimum atomic E-state index is 0.525. The van der Waals surface area contributed by atoms with Crippen LogP contribution in [0.2, 0.25) is 0 Å². The van der Waals surface area contributed by atoms with E-state index in [1.807, 2.05) is 25.1 Å². The van der Waals surface area contributed by atoms with E-state index in [1.165, 1.54) is 0 Å². The highest BCUT2D eigenvalue weighted by Gasteiger charge is 2.10. The summed E-state index contributed by atoms with van der Waals surface area (Å²) < 4.78 is 0. The predicted octanol–water partition coefficient (Wildman–Crippen LogP) is 3.15. The Labute approximate surface area is 123 Å². The van der Waals surface area contributed by atoms with Gasteiger partial charge in [-0.15, -0.1) is 5.53 Å². The molecule has 1 aromatic carbocycles. The molecule has 2 heterocycles. The van der Waals surface area contributed by atoms with Crippen LogP contribution in [0, 0.1) is 0 Å².